The molecule has 0 aromatic carbocycles. The third-order valence-corrected chi connectivity index (χ3v) is 12.5. The lowest BCUT2D eigenvalue weighted by Gasteiger charge is -2.18. The zero-order chi connectivity index (χ0) is 52.2. The van der Waals surface area contributed by atoms with Crippen molar-refractivity contribution in [3.63, 3.8) is 0 Å². The van der Waals surface area contributed by atoms with Crippen LogP contribution < -0.4 is 0 Å². The van der Waals surface area contributed by atoms with Gasteiger partial charge in [-0.1, -0.05) is 246 Å². The van der Waals surface area contributed by atoms with Gasteiger partial charge in [0.15, 0.2) is 6.10 Å². The summed E-state index contributed by atoms with van der Waals surface area (Å²) in [5, 5.41) is 0. The third-order valence-electron chi connectivity index (χ3n) is 12.5. The van der Waals surface area contributed by atoms with E-state index in [9.17, 15) is 14.4 Å². The van der Waals surface area contributed by atoms with Crippen LogP contribution in [0.5, 0.6) is 0 Å². The number of allylic oxidation sites excluding steroid dienone is 18. The second kappa shape index (κ2) is 59.6. The maximum absolute atomic E-state index is 12.9. The molecular weight excluding hydrogens is 889 g/mol. The van der Waals surface area contributed by atoms with Crippen molar-refractivity contribution in [1.29, 1.82) is 0 Å². The van der Waals surface area contributed by atoms with Crippen LogP contribution in [0, 0.1) is 0 Å². The molecule has 0 rings (SSSR count). The van der Waals surface area contributed by atoms with Crippen molar-refractivity contribution in [3.8, 4) is 0 Å². The molecule has 0 radical (unpaired) electrons. The zero-order valence-electron chi connectivity index (χ0n) is 46.9. The van der Waals surface area contributed by atoms with Gasteiger partial charge in [-0.3, -0.25) is 14.4 Å². The van der Waals surface area contributed by atoms with Gasteiger partial charge in [-0.05, 0) is 116 Å². The second-order valence-electron chi connectivity index (χ2n) is 19.6. The summed E-state index contributed by atoms with van der Waals surface area (Å²) < 4.78 is 16.8. The molecule has 0 saturated carbocycles. The molecule has 0 N–H and O–H groups in total. The predicted molar refractivity (Wildman–Crippen MR) is 311 cm³/mol. The van der Waals surface area contributed by atoms with Crippen molar-refractivity contribution in [2.45, 2.75) is 277 Å². The smallest absolute Gasteiger partial charge is 0.306 e. The Balaban J connectivity index is 4.50. The molecule has 0 amide bonds. The van der Waals surface area contributed by atoms with Crippen LogP contribution in [-0.4, -0.2) is 37.2 Å². The number of carbonyl (C=O) groups is 3. The molecule has 0 aromatic rings. The summed E-state index contributed by atoms with van der Waals surface area (Å²) in [6.07, 6.45) is 80.8. The van der Waals surface area contributed by atoms with E-state index in [1.165, 1.54) is 122 Å². The van der Waals surface area contributed by atoms with Crippen LogP contribution in [0.1, 0.15) is 271 Å². The number of rotatable bonds is 53. The first-order valence-electron chi connectivity index (χ1n) is 29.9. The minimum absolute atomic E-state index is 0.105. The molecule has 1 atom stereocenters. The maximum Gasteiger partial charge on any atom is 0.306 e. The summed E-state index contributed by atoms with van der Waals surface area (Å²) in [6.45, 7) is 6.45. The average molecular weight is 1000 g/mol. The van der Waals surface area contributed by atoms with Crippen molar-refractivity contribution in [1.82, 2.24) is 0 Å². The predicted octanol–water partition coefficient (Wildman–Crippen LogP) is 20.3. The van der Waals surface area contributed by atoms with E-state index in [4.69, 9.17) is 14.2 Å². The SMILES string of the molecule is CC/C=C\C/C=C\C/C=C\C/C=C\C/C=C\CCCCCC(=O)OCC(COC(=O)CCCCC/C=C\C=C/CCCCCCCCC)OC(=O)CCCCCCCCCCCC/C=C\C=C/CCCCC. The summed E-state index contributed by atoms with van der Waals surface area (Å²) in [4.78, 5) is 38.2. The first-order chi connectivity index (χ1) is 35.5. The molecule has 0 fully saturated rings. The minimum Gasteiger partial charge on any atom is -0.462 e. The van der Waals surface area contributed by atoms with Gasteiger partial charge in [0, 0.05) is 19.3 Å². The summed E-state index contributed by atoms with van der Waals surface area (Å²) in [7, 11) is 0. The zero-order valence-corrected chi connectivity index (χ0v) is 46.9. The van der Waals surface area contributed by atoms with Crippen LogP contribution >= 0.6 is 0 Å². The second-order valence-corrected chi connectivity index (χ2v) is 19.6. The van der Waals surface area contributed by atoms with Gasteiger partial charge in [0.25, 0.3) is 0 Å². The van der Waals surface area contributed by atoms with Crippen LogP contribution in [0.4, 0.5) is 0 Å². The van der Waals surface area contributed by atoms with E-state index in [0.29, 0.717) is 19.3 Å². The Morgan fingerprint density at radius 1 is 0.306 bits per heavy atom. The summed E-state index contributed by atoms with van der Waals surface area (Å²) in [6, 6.07) is 0. The Bertz CT molecular complexity index is 1470. The van der Waals surface area contributed by atoms with Crippen molar-refractivity contribution in [3.05, 3.63) is 109 Å². The number of ether oxygens (including phenoxy) is 3. The number of unbranched alkanes of at least 4 members (excludes halogenated alkanes) is 26. The van der Waals surface area contributed by atoms with Crippen LogP contribution in [0.2, 0.25) is 0 Å². The molecule has 6 nitrogen and oxygen atoms in total. The Hall–Kier alpha value is -3.93. The normalized spacial score (nSPS) is 12.9. The standard InChI is InChI=1S/C66H110O6/c1-4-7-10-13-16-19-22-25-28-31-33-35-38-41-44-47-50-53-56-59-65(68)71-62-63(61-70-64(67)58-55-52-49-46-43-40-37-30-27-24-21-18-15-12-9-6-3)72-66(69)60-57-54-51-48-45-42-39-36-34-32-29-26-23-20-17-14-11-8-5-2/h7,10,16-17,19-20,23,25-26,28,30,33,35,37,40-41,43-44,63H,4-6,8-9,11-15,18,21-22,24,27,29,31-32,34,36,38-39,42,45-62H2,1-3H3/b10-7-,19-16-,20-17-,26-23-,28-25-,35-33-,37-30-,43-40-,44-41-. The molecule has 410 valence electrons. The van der Waals surface area contributed by atoms with Gasteiger partial charge in [-0.15, -0.1) is 0 Å². The lowest BCUT2D eigenvalue weighted by atomic mass is 10.1. The number of esters is 3. The highest BCUT2D eigenvalue weighted by Gasteiger charge is 2.19. The van der Waals surface area contributed by atoms with Crippen LogP contribution in [0.15, 0.2) is 109 Å². The van der Waals surface area contributed by atoms with Crippen LogP contribution in [0.25, 0.3) is 0 Å². The molecule has 0 saturated heterocycles. The lowest BCUT2D eigenvalue weighted by Crippen LogP contribution is -2.30. The summed E-state index contributed by atoms with van der Waals surface area (Å²) in [5.41, 5.74) is 0. The van der Waals surface area contributed by atoms with Gasteiger partial charge in [0.2, 0.25) is 0 Å². The van der Waals surface area contributed by atoms with E-state index in [1.54, 1.807) is 0 Å². The van der Waals surface area contributed by atoms with Gasteiger partial charge < -0.3 is 14.2 Å². The molecule has 0 spiro atoms. The van der Waals surface area contributed by atoms with Crippen molar-refractivity contribution >= 4 is 17.9 Å². The van der Waals surface area contributed by atoms with E-state index >= 15 is 0 Å². The first-order valence-corrected chi connectivity index (χ1v) is 29.9. The Labute approximate surface area is 444 Å². The fourth-order valence-corrected chi connectivity index (χ4v) is 8.04. The molecule has 6 heteroatoms. The fourth-order valence-electron chi connectivity index (χ4n) is 8.04. The van der Waals surface area contributed by atoms with Gasteiger partial charge in [0.05, 0.1) is 0 Å². The highest BCUT2D eigenvalue weighted by atomic mass is 16.6. The third kappa shape index (κ3) is 57.0. The Morgan fingerprint density at radius 2 is 0.583 bits per heavy atom. The van der Waals surface area contributed by atoms with E-state index in [2.05, 4.69) is 130 Å². The van der Waals surface area contributed by atoms with Gasteiger partial charge in [0.1, 0.15) is 13.2 Å². The van der Waals surface area contributed by atoms with E-state index in [1.807, 2.05) is 0 Å². The molecule has 0 bridgehead atoms. The molecule has 0 aliphatic rings. The first kappa shape index (κ1) is 68.1. The number of hydrogen-bond donors (Lipinski definition) is 0. The molecule has 0 aromatic heterocycles. The van der Waals surface area contributed by atoms with Crippen LogP contribution in [-0.2, 0) is 28.6 Å². The number of hydrogen-bond acceptors (Lipinski definition) is 6. The molecule has 0 aliphatic carbocycles. The number of carbonyl (C=O) groups excluding carboxylic acids is 3. The van der Waals surface area contributed by atoms with Crippen LogP contribution in [0.3, 0.4) is 0 Å². The molecule has 0 aliphatic heterocycles. The van der Waals surface area contributed by atoms with Gasteiger partial charge in [-0.25, -0.2) is 0 Å². The maximum atomic E-state index is 12.9. The Kier molecular flexibility index (Phi) is 56.4. The lowest BCUT2D eigenvalue weighted by molar-refractivity contribution is -0.167. The Morgan fingerprint density at radius 3 is 0.972 bits per heavy atom. The minimum atomic E-state index is -0.808. The highest BCUT2D eigenvalue weighted by molar-refractivity contribution is 5.71. The van der Waals surface area contributed by atoms with E-state index in [0.717, 1.165) is 109 Å². The van der Waals surface area contributed by atoms with Gasteiger partial charge >= 0.3 is 17.9 Å². The topological polar surface area (TPSA) is 78.9 Å². The van der Waals surface area contributed by atoms with E-state index in [-0.39, 0.29) is 31.1 Å². The molecule has 0 heterocycles. The molecule has 1 unspecified atom stereocenters. The summed E-state index contributed by atoms with van der Waals surface area (Å²) >= 11 is 0. The largest absolute Gasteiger partial charge is 0.462 e. The average Bonchev–Trinajstić information content (AvgIpc) is 3.38. The van der Waals surface area contributed by atoms with Crippen molar-refractivity contribution in [2.24, 2.45) is 0 Å². The monoisotopic (exact) mass is 999 g/mol. The summed E-state index contributed by atoms with van der Waals surface area (Å²) in [5.74, 6) is -0.961. The van der Waals surface area contributed by atoms with E-state index < -0.39 is 6.10 Å². The quantitative estimate of drug-likeness (QED) is 0.0199. The molecular formula is C66H110O6. The van der Waals surface area contributed by atoms with Crippen molar-refractivity contribution in [2.75, 3.05) is 13.2 Å². The van der Waals surface area contributed by atoms with Gasteiger partial charge in [-0.2, -0.15) is 0 Å². The molecule has 72 heavy (non-hydrogen) atoms. The highest BCUT2D eigenvalue weighted by Crippen LogP contribution is 2.15. The van der Waals surface area contributed by atoms with Crippen molar-refractivity contribution < 1.29 is 28.6 Å². The fraction of sp³-hybridized carbons (Fsp3) is 0.682.